The van der Waals surface area contributed by atoms with E-state index in [1.165, 1.54) is 7.11 Å². The molecule has 1 rings (SSSR count). The van der Waals surface area contributed by atoms with Crippen LogP contribution in [0.4, 0.5) is 5.69 Å². The minimum absolute atomic E-state index is 0.381. The van der Waals surface area contributed by atoms with Crippen molar-refractivity contribution in [2.45, 2.75) is 20.3 Å². The molecule has 0 radical (unpaired) electrons. The molecule has 0 spiro atoms. The summed E-state index contributed by atoms with van der Waals surface area (Å²) in [7, 11) is 1.36. The van der Waals surface area contributed by atoms with Crippen molar-refractivity contribution in [2.24, 2.45) is 0 Å². The third-order valence-corrected chi connectivity index (χ3v) is 2.99. The number of halogens is 1. The number of hydrogen-bond donors (Lipinski definition) is 1. The second kappa shape index (κ2) is 5.87. The molecule has 1 aromatic carbocycles. The van der Waals surface area contributed by atoms with Crippen LogP contribution < -0.4 is 5.73 Å². The summed E-state index contributed by atoms with van der Waals surface area (Å²) in [6.45, 7) is 4.06. The second-order valence-corrected chi connectivity index (χ2v) is 4.71. The summed E-state index contributed by atoms with van der Waals surface area (Å²) in [5.41, 5.74) is 8.86. The molecule has 2 N–H and O–H groups in total. The lowest BCUT2D eigenvalue weighted by atomic mass is 10.0. The summed E-state index contributed by atoms with van der Waals surface area (Å²) in [6.07, 6.45) is 2.84. The lowest BCUT2D eigenvalue weighted by Crippen LogP contribution is -2.06. The minimum Gasteiger partial charge on any atom is -0.465 e. The van der Waals surface area contributed by atoms with Gasteiger partial charge in [0.15, 0.2) is 0 Å². The van der Waals surface area contributed by atoms with Crippen molar-refractivity contribution >= 4 is 33.7 Å². The lowest BCUT2D eigenvalue weighted by molar-refractivity contribution is 0.0600. The van der Waals surface area contributed by atoms with E-state index >= 15 is 0 Å². The molecule has 0 aliphatic carbocycles. The molecule has 0 unspecified atom stereocenters. The van der Waals surface area contributed by atoms with E-state index in [4.69, 9.17) is 10.5 Å². The summed E-state index contributed by atoms with van der Waals surface area (Å²) in [5.74, 6) is -0.381. The Morgan fingerprint density at radius 3 is 2.71 bits per heavy atom. The fourth-order valence-electron chi connectivity index (χ4n) is 1.43. The molecule has 0 heterocycles. The Labute approximate surface area is 110 Å². The molecular weight excluding hydrogens is 282 g/mol. The summed E-state index contributed by atoms with van der Waals surface area (Å²) in [5, 5.41) is 0. The molecule has 3 nitrogen and oxygen atoms in total. The number of methoxy groups -OCH3 is 1. The zero-order valence-corrected chi connectivity index (χ0v) is 11.8. The maximum atomic E-state index is 11.7. The molecule has 1 aromatic rings. The molecule has 4 heteroatoms. The zero-order chi connectivity index (χ0) is 13.0. The number of benzene rings is 1. The summed E-state index contributed by atoms with van der Waals surface area (Å²) < 4.78 is 5.52. The SMILES string of the molecule is CCC(C)=Cc1c(N)cc(Br)cc1C(=O)OC. The van der Waals surface area contributed by atoms with Crippen LogP contribution in [0.15, 0.2) is 22.2 Å². The second-order valence-electron chi connectivity index (χ2n) is 3.79. The molecule has 0 fully saturated rings. The standard InChI is InChI=1S/C13H16BrNO2/c1-4-8(2)5-10-11(13(16)17-3)6-9(14)7-12(10)15/h5-7H,4,15H2,1-3H3. The Morgan fingerprint density at radius 2 is 2.18 bits per heavy atom. The highest BCUT2D eigenvalue weighted by molar-refractivity contribution is 9.10. The maximum absolute atomic E-state index is 11.7. The molecule has 0 bridgehead atoms. The number of anilines is 1. The van der Waals surface area contributed by atoms with Crippen molar-refractivity contribution in [3.63, 3.8) is 0 Å². The van der Waals surface area contributed by atoms with E-state index in [2.05, 4.69) is 22.9 Å². The van der Waals surface area contributed by atoms with E-state index < -0.39 is 0 Å². The largest absolute Gasteiger partial charge is 0.465 e. The minimum atomic E-state index is -0.381. The van der Waals surface area contributed by atoms with Gasteiger partial charge >= 0.3 is 5.97 Å². The molecule has 0 aliphatic heterocycles. The first-order valence-electron chi connectivity index (χ1n) is 5.34. The molecule has 0 amide bonds. The first kappa shape index (κ1) is 13.8. The van der Waals surface area contributed by atoms with Crippen LogP contribution in [0.25, 0.3) is 6.08 Å². The van der Waals surface area contributed by atoms with Gasteiger partial charge in [-0.3, -0.25) is 0 Å². The molecule has 17 heavy (non-hydrogen) atoms. The molecule has 0 saturated carbocycles. The first-order valence-corrected chi connectivity index (χ1v) is 6.13. The summed E-state index contributed by atoms with van der Waals surface area (Å²) in [4.78, 5) is 11.7. The van der Waals surface area contributed by atoms with Gasteiger partial charge in [-0.25, -0.2) is 4.79 Å². The monoisotopic (exact) mass is 297 g/mol. The predicted octanol–water partition coefficient (Wildman–Crippen LogP) is 3.63. The molecule has 92 valence electrons. The van der Waals surface area contributed by atoms with Crippen molar-refractivity contribution < 1.29 is 9.53 Å². The number of hydrogen-bond acceptors (Lipinski definition) is 3. The first-order chi connectivity index (χ1) is 7.99. The molecule has 0 aliphatic rings. The normalized spacial score (nSPS) is 11.4. The van der Waals surface area contributed by atoms with Crippen molar-refractivity contribution in [3.05, 3.63) is 33.3 Å². The van der Waals surface area contributed by atoms with Crippen LogP contribution in [0.1, 0.15) is 36.2 Å². The molecule has 0 aromatic heterocycles. The number of rotatable bonds is 3. The average Bonchev–Trinajstić information content (AvgIpc) is 2.30. The summed E-state index contributed by atoms with van der Waals surface area (Å²) >= 11 is 3.32. The topological polar surface area (TPSA) is 52.3 Å². The third-order valence-electron chi connectivity index (χ3n) is 2.53. The number of carbonyl (C=O) groups is 1. The van der Waals surface area contributed by atoms with Crippen LogP contribution >= 0.6 is 15.9 Å². The summed E-state index contributed by atoms with van der Waals surface area (Å²) in [6, 6.07) is 3.50. The van der Waals surface area contributed by atoms with Gasteiger partial charge < -0.3 is 10.5 Å². The Hall–Kier alpha value is -1.29. The van der Waals surface area contributed by atoms with Crippen LogP contribution in [0.3, 0.4) is 0 Å². The predicted molar refractivity (Wildman–Crippen MR) is 73.8 cm³/mol. The number of nitrogens with two attached hydrogens (primary N) is 1. The number of nitrogen functional groups attached to an aromatic ring is 1. The number of allylic oxidation sites excluding steroid dienone is 1. The van der Waals surface area contributed by atoms with Crippen molar-refractivity contribution in [1.29, 1.82) is 0 Å². The van der Waals surface area contributed by atoms with Crippen LogP contribution in [0.5, 0.6) is 0 Å². The van der Waals surface area contributed by atoms with Crippen LogP contribution in [-0.2, 0) is 4.74 Å². The van der Waals surface area contributed by atoms with Gasteiger partial charge in [-0.2, -0.15) is 0 Å². The lowest BCUT2D eigenvalue weighted by Gasteiger charge is -2.09. The fraction of sp³-hybridized carbons (Fsp3) is 0.308. The Bertz CT molecular complexity index is 467. The van der Waals surface area contributed by atoms with E-state index in [0.717, 1.165) is 22.0 Å². The van der Waals surface area contributed by atoms with Crippen molar-refractivity contribution in [3.8, 4) is 0 Å². The highest BCUT2D eigenvalue weighted by Crippen LogP contribution is 2.26. The average molecular weight is 298 g/mol. The Balaban J connectivity index is 3.40. The molecular formula is C13H16BrNO2. The van der Waals surface area contributed by atoms with Crippen molar-refractivity contribution in [1.82, 2.24) is 0 Å². The maximum Gasteiger partial charge on any atom is 0.338 e. The van der Waals surface area contributed by atoms with Gasteiger partial charge in [-0.05, 0) is 25.5 Å². The highest BCUT2D eigenvalue weighted by atomic mass is 79.9. The molecule has 0 atom stereocenters. The molecule has 0 saturated heterocycles. The van der Waals surface area contributed by atoms with Gasteiger partial charge in [-0.1, -0.05) is 34.5 Å². The quantitative estimate of drug-likeness (QED) is 0.685. The van der Waals surface area contributed by atoms with Gasteiger partial charge in [0.2, 0.25) is 0 Å². The van der Waals surface area contributed by atoms with E-state index in [1.54, 1.807) is 12.1 Å². The van der Waals surface area contributed by atoms with Crippen molar-refractivity contribution in [2.75, 3.05) is 12.8 Å². The number of carbonyl (C=O) groups excluding carboxylic acids is 1. The van der Waals surface area contributed by atoms with Gasteiger partial charge in [-0.15, -0.1) is 0 Å². The number of ether oxygens (including phenoxy) is 1. The van der Waals surface area contributed by atoms with E-state index in [0.29, 0.717) is 11.3 Å². The zero-order valence-electron chi connectivity index (χ0n) is 10.2. The van der Waals surface area contributed by atoms with Crippen LogP contribution in [-0.4, -0.2) is 13.1 Å². The van der Waals surface area contributed by atoms with Crippen LogP contribution in [0.2, 0.25) is 0 Å². The Kier molecular flexibility index (Phi) is 4.75. The fourth-order valence-corrected chi connectivity index (χ4v) is 1.90. The van der Waals surface area contributed by atoms with Crippen LogP contribution in [0, 0.1) is 0 Å². The van der Waals surface area contributed by atoms with E-state index in [9.17, 15) is 4.79 Å². The van der Waals surface area contributed by atoms with E-state index in [-0.39, 0.29) is 5.97 Å². The van der Waals surface area contributed by atoms with Gasteiger partial charge in [0.25, 0.3) is 0 Å². The number of esters is 1. The van der Waals surface area contributed by atoms with Gasteiger partial charge in [0.1, 0.15) is 0 Å². The van der Waals surface area contributed by atoms with E-state index in [1.807, 2.05) is 13.0 Å². The smallest absolute Gasteiger partial charge is 0.338 e. The Morgan fingerprint density at radius 1 is 1.53 bits per heavy atom. The van der Waals surface area contributed by atoms with Gasteiger partial charge in [0.05, 0.1) is 12.7 Å². The highest BCUT2D eigenvalue weighted by Gasteiger charge is 2.14. The van der Waals surface area contributed by atoms with Gasteiger partial charge in [0, 0.05) is 15.7 Å². The third kappa shape index (κ3) is 3.33.